The summed E-state index contributed by atoms with van der Waals surface area (Å²) >= 11 is 0. The van der Waals surface area contributed by atoms with Gasteiger partial charge in [-0.2, -0.15) is 5.26 Å². The first-order chi connectivity index (χ1) is 14.0. The van der Waals surface area contributed by atoms with Crippen LogP contribution < -0.4 is 10.6 Å². The third-order valence-corrected chi connectivity index (χ3v) is 4.78. The van der Waals surface area contributed by atoms with Crippen LogP contribution in [-0.4, -0.2) is 40.3 Å². The van der Waals surface area contributed by atoms with Crippen molar-refractivity contribution in [1.29, 1.82) is 5.26 Å². The molecule has 1 fully saturated rings. The summed E-state index contributed by atoms with van der Waals surface area (Å²) in [7, 11) is 0. The van der Waals surface area contributed by atoms with Crippen LogP contribution in [0.2, 0.25) is 0 Å². The van der Waals surface area contributed by atoms with Crippen LogP contribution in [0.15, 0.2) is 54.7 Å². The summed E-state index contributed by atoms with van der Waals surface area (Å²) < 4.78 is 0. The molecule has 0 saturated carbocycles. The van der Waals surface area contributed by atoms with Gasteiger partial charge in [0.05, 0.1) is 11.6 Å². The minimum Gasteiger partial charge on any atom is -0.361 e. The summed E-state index contributed by atoms with van der Waals surface area (Å²) in [4.78, 5) is 41.2. The number of aromatic amines is 1. The van der Waals surface area contributed by atoms with Gasteiger partial charge in [-0.15, -0.1) is 0 Å². The van der Waals surface area contributed by atoms with Gasteiger partial charge in [-0.05, 0) is 29.8 Å². The molecule has 4 amide bonds. The normalized spacial score (nSPS) is 16.0. The van der Waals surface area contributed by atoms with Crippen molar-refractivity contribution in [3.05, 3.63) is 65.9 Å². The number of urea groups is 1. The van der Waals surface area contributed by atoms with Gasteiger partial charge < -0.3 is 15.6 Å². The number of hydrogen-bond acceptors (Lipinski definition) is 4. The fourth-order valence-electron chi connectivity index (χ4n) is 3.40. The Bertz CT molecular complexity index is 1160. The van der Waals surface area contributed by atoms with Crippen molar-refractivity contribution in [2.75, 3.05) is 11.9 Å². The minimum atomic E-state index is -0.726. The van der Waals surface area contributed by atoms with Gasteiger partial charge >= 0.3 is 6.03 Å². The minimum absolute atomic E-state index is 0.330. The van der Waals surface area contributed by atoms with Crippen molar-refractivity contribution in [2.45, 2.75) is 12.5 Å². The third kappa shape index (κ3) is 3.66. The smallest absolute Gasteiger partial charge is 0.325 e. The van der Waals surface area contributed by atoms with Crippen molar-refractivity contribution in [1.82, 2.24) is 15.2 Å². The number of anilines is 1. The van der Waals surface area contributed by atoms with Crippen molar-refractivity contribution in [2.24, 2.45) is 0 Å². The Balaban J connectivity index is 1.42. The molecule has 1 unspecified atom stereocenters. The van der Waals surface area contributed by atoms with Crippen LogP contribution in [0, 0.1) is 11.3 Å². The summed E-state index contributed by atoms with van der Waals surface area (Å²) in [5.41, 5.74) is 2.70. The van der Waals surface area contributed by atoms with E-state index in [1.807, 2.05) is 36.5 Å². The Kier molecular flexibility index (Phi) is 4.71. The Labute approximate surface area is 166 Å². The summed E-state index contributed by atoms with van der Waals surface area (Å²) in [5, 5.41) is 15.2. The zero-order valence-corrected chi connectivity index (χ0v) is 15.3. The van der Waals surface area contributed by atoms with E-state index in [9.17, 15) is 14.4 Å². The number of nitriles is 1. The van der Waals surface area contributed by atoms with Crippen LogP contribution in [-0.2, 0) is 16.0 Å². The molecule has 1 aliphatic heterocycles. The number of hydrogen-bond donors (Lipinski definition) is 3. The van der Waals surface area contributed by atoms with Crippen molar-refractivity contribution < 1.29 is 14.4 Å². The van der Waals surface area contributed by atoms with Crippen LogP contribution in [0.5, 0.6) is 0 Å². The highest BCUT2D eigenvalue weighted by Gasteiger charge is 2.39. The van der Waals surface area contributed by atoms with E-state index in [-0.39, 0.29) is 0 Å². The van der Waals surface area contributed by atoms with E-state index < -0.39 is 30.4 Å². The van der Waals surface area contributed by atoms with E-state index in [4.69, 9.17) is 5.26 Å². The Morgan fingerprint density at radius 1 is 1.17 bits per heavy atom. The fourth-order valence-corrected chi connectivity index (χ4v) is 3.40. The lowest BCUT2D eigenvalue weighted by molar-refractivity contribution is -0.130. The molecule has 8 heteroatoms. The van der Waals surface area contributed by atoms with Gasteiger partial charge in [-0.3, -0.25) is 14.5 Å². The topological polar surface area (TPSA) is 118 Å². The number of nitrogens with one attached hydrogen (secondary N) is 3. The molecule has 3 N–H and O–H groups in total. The summed E-state index contributed by atoms with van der Waals surface area (Å²) in [6, 6.07) is 14.8. The molecule has 29 heavy (non-hydrogen) atoms. The van der Waals surface area contributed by atoms with Crippen LogP contribution in [0.25, 0.3) is 10.9 Å². The number of imide groups is 1. The number of benzene rings is 2. The van der Waals surface area contributed by atoms with Gasteiger partial charge in [0.15, 0.2) is 0 Å². The van der Waals surface area contributed by atoms with Crippen molar-refractivity contribution in [3.8, 4) is 6.07 Å². The molecule has 0 aliphatic carbocycles. The zero-order chi connectivity index (χ0) is 20.4. The number of fused-ring (bicyclic) bond motifs is 1. The van der Waals surface area contributed by atoms with Crippen molar-refractivity contribution in [3.63, 3.8) is 0 Å². The number of nitrogens with zero attached hydrogens (tertiary/aromatic N) is 2. The number of H-pyrrole nitrogens is 1. The first-order valence-corrected chi connectivity index (χ1v) is 9.02. The van der Waals surface area contributed by atoms with Gasteiger partial charge in [0.25, 0.3) is 5.91 Å². The first kappa shape index (κ1) is 18.3. The number of carbonyl (C=O) groups excluding carboxylic acids is 3. The Morgan fingerprint density at radius 3 is 2.83 bits per heavy atom. The predicted octanol–water partition coefficient (Wildman–Crippen LogP) is 2.14. The molecule has 8 nitrogen and oxygen atoms in total. The maximum absolute atomic E-state index is 12.7. The van der Waals surface area contributed by atoms with Gasteiger partial charge in [0.1, 0.15) is 12.6 Å². The van der Waals surface area contributed by atoms with E-state index in [2.05, 4.69) is 15.6 Å². The standard InChI is InChI=1S/C21H17N5O3/c22-10-13-4-3-5-15(8-13)24-19(27)12-26-20(28)18(25-21(26)29)9-14-11-23-17-7-2-1-6-16(14)17/h1-8,11,18,23H,9,12H2,(H,24,27)(H,25,29). The largest absolute Gasteiger partial charge is 0.361 e. The average molecular weight is 387 g/mol. The van der Waals surface area contributed by atoms with E-state index >= 15 is 0 Å². The molecule has 2 aromatic carbocycles. The highest BCUT2D eigenvalue weighted by Crippen LogP contribution is 2.21. The molecule has 1 aliphatic rings. The lowest BCUT2D eigenvalue weighted by Gasteiger charge is -2.13. The molecule has 0 bridgehead atoms. The molecule has 1 saturated heterocycles. The van der Waals surface area contributed by atoms with Crippen molar-refractivity contribution >= 4 is 34.4 Å². The monoisotopic (exact) mass is 387 g/mol. The summed E-state index contributed by atoms with van der Waals surface area (Å²) in [6.45, 7) is -0.397. The summed E-state index contributed by atoms with van der Waals surface area (Å²) in [5.74, 6) is -0.961. The molecule has 2 heterocycles. The SMILES string of the molecule is N#Cc1cccc(NC(=O)CN2C(=O)NC(Cc3c[nH]c4ccccc34)C2=O)c1. The number of para-hydroxylation sites is 1. The second-order valence-corrected chi connectivity index (χ2v) is 6.73. The average Bonchev–Trinajstić information content (AvgIpc) is 3.24. The lowest BCUT2D eigenvalue weighted by Crippen LogP contribution is -2.38. The number of amides is 4. The molecular weight excluding hydrogens is 370 g/mol. The van der Waals surface area contributed by atoms with E-state index in [0.29, 0.717) is 17.7 Å². The Morgan fingerprint density at radius 2 is 2.00 bits per heavy atom. The first-order valence-electron chi connectivity index (χ1n) is 9.02. The van der Waals surface area contributed by atoms with E-state index in [1.54, 1.807) is 18.2 Å². The fraction of sp³-hybridized carbons (Fsp3) is 0.143. The third-order valence-electron chi connectivity index (χ3n) is 4.78. The number of rotatable bonds is 5. The molecule has 1 aromatic heterocycles. The highest BCUT2D eigenvalue weighted by molar-refractivity contribution is 6.08. The molecule has 0 spiro atoms. The second kappa shape index (κ2) is 7.48. The molecule has 4 rings (SSSR count). The number of aromatic nitrogens is 1. The molecule has 1 atom stereocenters. The van der Waals surface area contributed by atoms with Crippen LogP contribution in [0.4, 0.5) is 10.5 Å². The van der Waals surface area contributed by atoms with Crippen LogP contribution in [0.1, 0.15) is 11.1 Å². The lowest BCUT2D eigenvalue weighted by atomic mass is 10.1. The highest BCUT2D eigenvalue weighted by atomic mass is 16.2. The molecule has 3 aromatic rings. The van der Waals surface area contributed by atoms with Crippen LogP contribution in [0.3, 0.4) is 0 Å². The quantitative estimate of drug-likeness (QED) is 0.581. The maximum Gasteiger partial charge on any atom is 0.325 e. The molecule has 144 valence electrons. The van der Waals surface area contributed by atoms with E-state index in [0.717, 1.165) is 21.4 Å². The van der Waals surface area contributed by atoms with Crippen LogP contribution >= 0.6 is 0 Å². The summed E-state index contributed by atoms with van der Waals surface area (Å²) in [6.07, 6.45) is 2.15. The number of carbonyl (C=O) groups is 3. The maximum atomic E-state index is 12.7. The predicted molar refractivity (Wildman–Crippen MR) is 106 cm³/mol. The van der Waals surface area contributed by atoms with Gasteiger partial charge in [-0.25, -0.2) is 4.79 Å². The molecular formula is C21H17N5O3. The van der Waals surface area contributed by atoms with Gasteiger partial charge in [0.2, 0.25) is 5.91 Å². The molecule has 0 radical (unpaired) electrons. The van der Waals surface area contributed by atoms with Gasteiger partial charge in [-0.1, -0.05) is 24.3 Å². The van der Waals surface area contributed by atoms with Gasteiger partial charge in [0, 0.05) is 29.2 Å². The van der Waals surface area contributed by atoms with E-state index in [1.165, 1.54) is 6.07 Å². The Hall–Kier alpha value is -4.12. The second-order valence-electron chi connectivity index (χ2n) is 6.73. The zero-order valence-electron chi connectivity index (χ0n) is 15.3.